The van der Waals surface area contributed by atoms with Gasteiger partial charge in [-0.05, 0) is 18.2 Å². The zero-order chi connectivity index (χ0) is 16.1. The molecule has 5 nitrogen and oxygen atoms in total. The Morgan fingerprint density at radius 1 is 1.32 bits per heavy atom. The fourth-order valence-corrected chi connectivity index (χ4v) is 3.16. The lowest BCUT2D eigenvalue weighted by Gasteiger charge is -2.19. The molecule has 22 heavy (non-hydrogen) atoms. The van der Waals surface area contributed by atoms with Gasteiger partial charge in [-0.3, -0.25) is 0 Å². The summed E-state index contributed by atoms with van der Waals surface area (Å²) in [5, 5.41) is 2.91. The molecule has 0 aromatic carbocycles. The molecule has 7 heteroatoms. The Hall–Kier alpha value is -1.79. The largest absolute Gasteiger partial charge is 0.362 e. The second-order valence-corrected chi connectivity index (χ2v) is 6.90. The van der Waals surface area contributed by atoms with Gasteiger partial charge in [-0.1, -0.05) is 17.7 Å². The van der Waals surface area contributed by atoms with Crippen LogP contribution in [0.25, 0.3) is 0 Å². The Balaban J connectivity index is 1.92. The fraction of sp³-hybridized carbons (Fsp3) is 0.333. The number of halogens is 1. The summed E-state index contributed by atoms with van der Waals surface area (Å²) < 4.78 is 0.731. The van der Waals surface area contributed by atoms with Crippen LogP contribution in [0.3, 0.4) is 0 Å². The highest BCUT2D eigenvalue weighted by Gasteiger charge is 2.12. The zero-order valence-electron chi connectivity index (χ0n) is 12.8. The predicted octanol–water partition coefficient (Wildman–Crippen LogP) is 3.20. The first-order valence-corrected chi connectivity index (χ1v) is 8.01. The first kappa shape index (κ1) is 16.6. The number of thiophene rings is 1. The van der Waals surface area contributed by atoms with E-state index < -0.39 is 0 Å². The predicted molar refractivity (Wildman–Crippen MR) is 91.6 cm³/mol. The molecule has 0 unspecified atom stereocenters. The minimum atomic E-state index is -0.127. The lowest BCUT2D eigenvalue weighted by Crippen LogP contribution is -2.36. The summed E-state index contributed by atoms with van der Waals surface area (Å²) in [6.45, 7) is 0.979. The minimum Gasteiger partial charge on any atom is -0.362 e. The van der Waals surface area contributed by atoms with Gasteiger partial charge in [-0.2, -0.15) is 0 Å². The number of hydrogen-bond donors (Lipinski definition) is 1. The highest BCUT2D eigenvalue weighted by atomic mass is 35.5. The molecule has 2 rings (SSSR count). The highest BCUT2D eigenvalue weighted by Crippen LogP contribution is 2.22. The Bertz CT molecular complexity index is 644. The molecule has 0 radical (unpaired) electrons. The third-order valence-corrected chi connectivity index (χ3v) is 4.31. The number of carbonyl (C=O) groups excluding carboxylic acids is 1. The van der Waals surface area contributed by atoms with Crippen molar-refractivity contribution in [2.45, 2.75) is 13.1 Å². The highest BCUT2D eigenvalue weighted by molar-refractivity contribution is 7.16. The molecule has 0 aliphatic carbocycles. The van der Waals surface area contributed by atoms with Crippen molar-refractivity contribution < 1.29 is 4.79 Å². The summed E-state index contributed by atoms with van der Waals surface area (Å²) in [6, 6.07) is 7.47. The molecule has 0 saturated carbocycles. The summed E-state index contributed by atoms with van der Waals surface area (Å²) in [6.07, 6.45) is 1.74. The average molecular weight is 339 g/mol. The van der Waals surface area contributed by atoms with E-state index in [1.54, 1.807) is 18.1 Å². The van der Waals surface area contributed by atoms with E-state index in [-0.39, 0.29) is 6.03 Å². The summed E-state index contributed by atoms with van der Waals surface area (Å²) >= 11 is 7.38. The molecule has 2 heterocycles. The van der Waals surface area contributed by atoms with Crippen molar-refractivity contribution in [2.75, 3.05) is 26.0 Å². The van der Waals surface area contributed by atoms with Crippen LogP contribution in [0.1, 0.15) is 10.4 Å². The maximum atomic E-state index is 12.2. The van der Waals surface area contributed by atoms with Crippen molar-refractivity contribution in [1.82, 2.24) is 15.2 Å². The van der Waals surface area contributed by atoms with Crippen LogP contribution >= 0.6 is 22.9 Å². The standard InChI is InChI=1S/C15H19ClN4OS/c1-19(2)14-11(5-4-8-17-14)9-18-15(21)20(3)10-12-6-7-13(16)22-12/h4-8H,9-10H2,1-3H3,(H,18,21). The molecule has 118 valence electrons. The van der Waals surface area contributed by atoms with E-state index >= 15 is 0 Å². The van der Waals surface area contributed by atoms with Crippen LogP contribution in [0.15, 0.2) is 30.5 Å². The zero-order valence-corrected chi connectivity index (χ0v) is 14.4. The third-order valence-electron chi connectivity index (χ3n) is 3.09. The van der Waals surface area contributed by atoms with E-state index in [0.717, 1.165) is 20.6 Å². The maximum Gasteiger partial charge on any atom is 0.317 e. The molecule has 2 aromatic rings. The lowest BCUT2D eigenvalue weighted by atomic mass is 10.2. The lowest BCUT2D eigenvalue weighted by molar-refractivity contribution is 0.207. The molecule has 0 bridgehead atoms. The van der Waals surface area contributed by atoms with Gasteiger partial charge in [0.1, 0.15) is 5.82 Å². The normalized spacial score (nSPS) is 10.4. The summed E-state index contributed by atoms with van der Waals surface area (Å²) in [5.41, 5.74) is 0.980. The average Bonchev–Trinajstić information content (AvgIpc) is 2.90. The molecular weight excluding hydrogens is 320 g/mol. The van der Waals surface area contributed by atoms with Crippen LogP contribution in [0.5, 0.6) is 0 Å². The minimum absolute atomic E-state index is 0.127. The van der Waals surface area contributed by atoms with Gasteiger partial charge in [-0.15, -0.1) is 11.3 Å². The summed E-state index contributed by atoms with van der Waals surface area (Å²) in [5.74, 6) is 0.857. The van der Waals surface area contributed by atoms with Gasteiger partial charge in [0.2, 0.25) is 0 Å². The number of amides is 2. The topological polar surface area (TPSA) is 48.5 Å². The van der Waals surface area contributed by atoms with Crippen LogP contribution in [0.2, 0.25) is 4.34 Å². The van der Waals surface area contributed by atoms with Crippen LogP contribution in [-0.2, 0) is 13.1 Å². The van der Waals surface area contributed by atoms with E-state index in [0.29, 0.717) is 13.1 Å². The Labute approximate surface area is 139 Å². The third kappa shape index (κ3) is 4.35. The fourth-order valence-electron chi connectivity index (χ4n) is 2.02. The van der Waals surface area contributed by atoms with E-state index in [4.69, 9.17) is 11.6 Å². The number of rotatable bonds is 5. The molecular formula is C15H19ClN4OS. The van der Waals surface area contributed by atoms with Crippen molar-refractivity contribution in [3.05, 3.63) is 45.2 Å². The maximum absolute atomic E-state index is 12.2. The first-order valence-electron chi connectivity index (χ1n) is 6.81. The van der Waals surface area contributed by atoms with Gasteiger partial charge in [-0.25, -0.2) is 9.78 Å². The van der Waals surface area contributed by atoms with E-state index in [2.05, 4.69) is 10.3 Å². The quantitative estimate of drug-likeness (QED) is 0.910. The van der Waals surface area contributed by atoms with Crippen molar-refractivity contribution in [3.8, 4) is 0 Å². The van der Waals surface area contributed by atoms with Gasteiger partial charge < -0.3 is 15.1 Å². The number of pyridine rings is 1. The smallest absolute Gasteiger partial charge is 0.317 e. The number of urea groups is 1. The first-order chi connectivity index (χ1) is 10.5. The van der Waals surface area contributed by atoms with Crippen LogP contribution in [-0.4, -0.2) is 37.1 Å². The summed E-state index contributed by atoms with van der Waals surface area (Å²) in [4.78, 5) is 21.1. The Kier molecular flexibility index (Phi) is 5.63. The second kappa shape index (κ2) is 7.47. The number of anilines is 1. The van der Waals surface area contributed by atoms with Gasteiger partial charge in [0, 0.05) is 44.3 Å². The molecule has 2 amide bonds. The number of nitrogens with zero attached hydrogens (tertiary/aromatic N) is 3. The summed E-state index contributed by atoms with van der Waals surface area (Å²) in [7, 11) is 5.62. The van der Waals surface area contributed by atoms with E-state index in [1.165, 1.54) is 11.3 Å². The molecule has 0 aliphatic heterocycles. The van der Waals surface area contributed by atoms with Crippen molar-refractivity contribution >= 4 is 34.8 Å². The molecule has 1 N–H and O–H groups in total. The molecule has 0 fully saturated rings. The van der Waals surface area contributed by atoms with Gasteiger partial charge in [0.15, 0.2) is 0 Å². The van der Waals surface area contributed by atoms with Crippen molar-refractivity contribution in [1.29, 1.82) is 0 Å². The number of carbonyl (C=O) groups is 1. The van der Waals surface area contributed by atoms with Crippen molar-refractivity contribution in [3.63, 3.8) is 0 Å². The van der Waals surface area contributed by atoms with E-state index in [1.807, 2.05) is 43.3 Å². The SMILES string of the molecule is CN(Cc1ccc(Cl)s1)C(=O)NCc1cccnc1N(C)C. The Morgan fingerprint density at radius 2 is 2.09 bits per heavy atom. The monoisotopic (exact) mass is 338 g/mol. The van der Waals surface area contributed by atoms with Gasteiger partial charge in [0.25, 0.3) is 0 Å². The number of hydrogen-bond acceptors (Lipinski definition) is 4. The molecule has 0 saturated heterocycles. The van der Waals surface area contributed by atoms with E-state index in [9.17, 15) is 4.79 Å². The van der Waals surface area contributed by atoms with Gasteiger partial charge in [0.05, 0.1) is 10.9 Å². The van der Waals surface area contributed by atoms with Crippen LogP contribution in [0, 0.1) is 0 Å². The molecule has 2 aromatic heterocycles. The van der Waals surface area contributed by atoms with Crippen molar-refractivity contribution in [2.24, 2.45) is 0 Å². The van der Waals surface area contributed by atoms with Gasteiger partial charge >= 0.3 is 6.03 Å². The van der Waals surface area contributed by atoms with Crippen LogP contribution < -0.4 is 10.2 Å². The Morgan fingerprint density at radius 3 is 2.73 bits per heavy atom. The number of nitrogens with one attached hydrogen (secondary N) is 1. The molecule has 0 atom stereocenters. The van der Waals surface area contributed by atoms with Crippen LogP contribution in [0.4, 0.5) is 10.6 Å². The molecule has 0 spiro atoms. The second-order valence-electron chi connectivity index (χ2n) is 5.10. The number of aromatic nitrogens is 1. The molecule has 0 aliphatic rings.